The zero-order valence-electron chi connectivity index (χ0n) is 20.1. The molecule has 0 aromatic rings. The van der Waals surface area contributed by atoms with Crippen molar-refractivity contribution in [1.29, 1.82) is 0 Å². The first kappa shape index (κ1) is 27.4. The zero-order valence-corrected chi connectivity index (χ0v) is 21.7. The minimum atomic E-state index is 0.131. The van der Waals surface area contributed by atoms with E-state index in [1.807, 2.05) is 0 Å². The Morgan fingerprint density at radius 1 is 0.833 bits per heavy atom. The number of rotatable bonds is 13. The van der Waals surface area contributed by atoms with Crippen molar-refractivity contribution in [2.24, 2.45) is 10.8 Å². The van der Waals surface area contributed by atoms with E-state index in [2.05, 4.69) is 45.3 Å². The maximum absolute atomic E-state index is 5.76. The third-order valence-corrected chi connectivity index (χ3v) is 6.38. The Morgan fingerprint density at radius 2 is 1.40 bits per heavy atom. The topological polar surface area (TPSA) is 42.5 Å². The van der Waals surface area contributed by atoms with Crippen molar-refractivity contribution in [2.75, 3.05) is 19.8 Å². The Bertz CT molecular complexity index is 513. The van der Waals surface area contributed by atoms with Crippen LogP contribution in [-0.2, 0) is 9.47 Å². The minimum absolute atomic E-state index is 0.131. The molecule has 1 aliphatic rings. The minimum Gasteiger partial charge on any atom is -0.471 e. The standard InChI is InChI=1S/C24H46N2O2S2/c1-6-8-10-12-14-27-21(29)25-19-24(5)17-20(16-23(3,4)18-24)26-22(30)28-15-13-11-9-7-2/h20H,6-19H2,1-5H3,(H,25,29)(H,26,30). The average molecular weight is 459 g/mol. The van der Waals surface area contributed by atoms with Crippen LogP contribution >= 0.6 is 24.4 Å². The van der Waals surface area contributed by atoms with Crippen molar-refractivity contribution < 1.29 is 9.47 Å². The Labute approximate surface area is 196 Å². The second-order valence-electron chi connectivity index (χ2n) is 10.1. The molecule has 0 amide bonds. The van der Waals surface area contributed by atoms with E-state index in [4.69, 9.17) is 33.9 Å². The Kier molecular flexibility index (Phi) is 13.2. The summed E-state index contributed by atoms with van der Waals surface area (Å²) in [4.78, 5) is 0. The van der Waals surface area contributed by atoms with Gasteiger partial charge in [0.25, 0.3) is 10.3 Å². The maximum atomic E-state index is 5.76. The van der Waals surface area contributed by atoms with Gasteiger partial charge in [-0.1, -0.05) is 73.1 Å². The molecule has 1 fully saturated rings. The molecule has 0 aromatic carbocycles. The molecule has 2 unspecified atom stereocenters. The number of ether oxygens (including phenoxy) is 2. The first-order chi connectivity index (χ1) is 14.2. The fraction of sp³-hybridized carbons (Fsp3) is 0.917. The lowest BCUT2D eigenvalue weighted by molar-refractivity contribution is 0.0765. The summed E-state index contributed by atoms with van der Waals surface area (Å²) in [6, 6.07) is 0.326. The van der Waals surface area contributed by atoms with E-state index in [9.17, 15) is 0 Å². The predicted octanol–water partition coefficient (Wildman–Crippen LogP) is 6.51. The van der Waals surface area contributed by atoms with Gasteiger partial charge >= 0.3 is 0 Å². The van der Waals surface area contributed by atoms with Crippen LogP contribution in [0.1, 0.15) is 105 Å². The summed E-state index contributed by atoms with van der Waals surface area (Å²) in [5.74, 6) is 0. The highest BCUT2D eigenvalue weighted by atomic mass is 32.1. The summed E-state index contributed by atoms with van der Waals surface area (Å²) in [6.45, 7) is 13.7. The monoisotopic (exact) mass is 458 g/mol. The third-order valence-electron chi connectivity index (χ3n) is 5.89. The summed E-state index contributed by atoms with van der Waals surface area (Å²) in [5, 5.41) is 7.93. The third kappa shape index (κ3) is 12.3. The fourth-order valence-electron chi connectivity index (χ4n) is 4.80. The van der Waals surface area contributed by atoms with Crippen LogP contribution in [0.2, 0.25) is 0 Å². The van der Waals surface area contributed by atoms with Gasteiger partial charge in [0.2, 0.25) is 0 Å². The highest BCUT2D eigenvalue weighted by Gasteiger charge is 2.41. The first-order valence-electron chi connectivity index (χ1n) is 12.0. The molecule has 2 atom stereocenters. The van der Waals surface area contributed by atoms with E-state index in [1.165, 1.54) is 38.5 Å². The SMILES string of the molecule is CCCCCCOC(=S)NCC1(C)CC(NC(=S)OCCCCCC)CC(C)(C)C1. The van der Waals surface area contributed by atoms with Crippen molar-refractivity contribution in [2.45, 2.75) is 111 Å². The van der Waals surface area contributed by atoms with Crippen LogP contribution in [-0.4, -0.2) is 36.1 Å². The Morgan fingerprint density at radius 3 is 1.97 bits per heavy atom. The van der Waals surface area contributed by atoms with Gasteiger partial charge in [-0.15, -0.1) is 0 Å². The predicted molar refractivity (Wildman–Crippen MR) is 136 cm³/mol. The van der Waals surface area contributed by atoms with Crippen LogP contribution in [0.25, 0.3) is 0 Å². The molecule has 0 aliphatic heterocycles. The van der Waals surface area contributed by atoms with Gasteiger partial charge in [0.15, 0.2) is 0 Å². The molecule has 176 valence electrons. The van der Waals surface area contributed by atoms with Gasteiger partial charge in [-0.25, -0.2) is 0 Å². The van der Waals surface area contributed by atoms with Crippen molar-refractivity contribution >= 4 is 34.8 Å². The summed E-state index contributed by atoms with van der Waals surface area (Å²) < 4.78 is 11.5. The molecule has 0 radical (unpaired) electrons. The number of hydrogen-bond acceptors (Lipinski definition) is 4. The van der Waals surface area contributed by atoms with E-state index >= 15 is 0 Å². The molecule has 1 rings (SSSR count). The van der Waals surface area contributed by atoms with Crippen LogP contribution in [0.15, 0.2) is 0 Å². The molecular formula is C24H46N2O2S2. The lowest BCUT2D eigenvalue weighted by Crippen LogP contribution is -2.50. The molecule has 4 nitrogen and oxygen atoms in total. The molecule has 6 heteroatoms. The van der Waals surface area contributed by atoms with Gasteiger partial charge in [-0.3, -0.25) is 0 Å². The molecule has 1 aliphatic carbocycles. The van der Waals surface area contributed by atoms with Crippen molar-refractivity contribution in [3.63, 3.8) is 0 Å². The molecule has 30 heavy (non-hydrogen) atoms. The smallest absolute Gasteiger partial charge is 0.256 e. The molecule has 0 bridgehead atoms. The number of hydrogen-bond donors (Lipinski definition) is 2. The summed E-state index contributed by atoms with van der Waals surface area (Å²) in [7, 11) is 0. The lowest BCUT2D eigenvalue weighted by atomic mass is 9.62. The van der Waals surface area contributed by atoms with E-state index in [-0.39, 0.29) is 10.8 Å². The number of nitrogens with one attached hydrogen (secondary N) is 2. The van der Waals surface area contributed by atoms with Crippen LogP contribution < -0.4 is 10.6 Å². The van der Waals surface area contributed by atoms with Gasteiger partial charge < -0.3 is 20.1 Å². The number of unbranched alkanes of at least 4 members (excludes halogenated alkanes) is 6. The summed E-state index contributed by atoms with van der Waals surface area (Å²) >= 11 is 10.9. The number of thiocarbonyl (C=S) groups is 2. The van der Waals surface area contributed by atoms with E-state index < -0.39 is 0 Å². The molecule has 0 aromatic heterocycles. The molecule has 0 spiro atoms. The highest BCUT2D eigenvalue weighted by molar-refractivity contribution is 7.80. The molecule has 2 N–H and O–H groups in total. The lowest BCUT2D eigenvalue weighted by Gasteiger charge is -2.47. The van der Waals surface area contributed by atoms with Crippen molar-refractivity contribution in [3.05, 3.63) is 0 Å². The van der Waals surface area contributed by atoms with E-state index in [0.29, 0.717) is 29.6 Å². The Hall–Kier alpha value is -0.620. The summed E-state index contributed by atoms with van der Waals surface area (Å²) in [6.07, 6.45) is 12.8. The van der Waals surface area contributed by atoms with Crippen LogP contribution in [0.4, 0.5) is 0 Å². The quantitative estimate of drug-likeness (QED) is 0.242. The first-order valence-corrected chi connectivity index (χ1v) is 12.9. The van der Waals surface area contributed by atoms with Crippen molar-refractivity contribution in [3.8, 4) is 0 Å². The second-order valence-corrected chi connectivity index (χ2v) is 10.9. The van der Waals surface area contributed by atoms with Crippen LogP contribution in [0.5, 0.6) is 0 Å². The van der Waals surface area contributed by atoms with Gasteiger partial charge in [0.05, 0.1) is 13.2 Å². The molecular weight excluding hydrogens is 412 g/mol. The van der Waals surface area contributed by atoms with Gasteiger partial charge in [-0.05, 0) is 67.4 Å². The fourth-order valence-corrected chi connectivity index (χ4v) is 5.21. The molecule has 0 heterocycles. The molecule has 1 saturated carbocycles. The maximum Gasteiger partial charge on any atom is 0.256 e. The zero-order chi connectivity index (χ0) is 22.5. The van der Waals surface area contributed by atoms with Gasteiger partial charge in [-0.2, -0.15) is 0 Å². The van der Waals surface area contributed by atoms with Crippen LogP contribution in [0.3, 0.4) is 0 Å². The summed E-state index contributed by atoms with van der Waals surface area (Å²) in [5.41, 5.74) is 0.373. The second kappa shape index (κ2) is 14.4. The Balaban J connectivity index is 2.42. The van der Waals surface area contributed by atoms with Gasteiger partial charge in [0, 0.05) is 12.6 Å². The average Bonchev–Trinajstić information content (AvgIpc) is 2.64. The van der Waals surface area contributed by atoms with E-state index in [0.717, 1.165) is 38.6 Å². The van der Waals surface area contributed by atoms with Crippen molar-refractivity contribution in [1.82, 2.24) is 10.6 Å². The van der Waals surface area contributed by atoms with Crippen LogP contribution in [0, 0.1) is 10.8 Å². The largest absolute Gasteiger partial charge is 0.471 e. The normalized spacial score (nSPS) is 22.9. The van der Waals surface area contributed by atoms with E-state index in [1.54, 1.807) is 0 Å². The molecule has 0 saturated heterocycles. The highest BCUT2D eigenvalue weighted by Crippen LogP contribution is 2.45. The van der Waals surface area contributed by atoms with Gasteiger partial charge in [0.1, 0.15) is 0 Å².